The number of esters is 1. The topological polar surface area (TPSA) is 82.8 Å². The summed E-state index contributed by atoms with van der Waals surface area (Å²) in [5.41, 5.74) is 1.89. The van der Waals surface area contributed by atoms with E-state index in [4.69, 9.17) is 13.9 Å². The van der Waals surface area contributed by atoms with Crippen LogP contribution in [0.2, 0.25) is 0 Å². The lowest BCUT2D eigenvalue weighted by molar-refractivity contribution is -0.145. The van der Waals surface area contributed by atoms with Gasteiger partial charge in [-0.1, -0.05) is 48.5 Å². The molecule has 0 radical (unpaired) electrons. The molecule has 0 aliphatic heterocycles. The van der Waals surface area contributed by atoms with Gasteiger partial charge in [0.2, 0.25) is 0 Å². The number of carbonyl (C=O) groups is 2. The van der Waals surface area contributed by atoms with Gasteiger partial charge in [0.15, 0.2) is 5.78 Å². The Morgan fingerprint density at radius 1 is 0.848 bits per heavy atom. The van der Waals surface area contributed by atoms with Crippen LogP contribution in [-0.4, -0.2) is 25.0 Å². The fraction of sp³-hybridized carbons (Fsp3) is 0.148. The van der Waals surface area contributed by atoms with Gasteiger partial charge < -0.3 is 13.9 Å². The highest BCUT2D eigenvalue weighted by Crippen LogP contribution is 2.21. The molecule has 166 valence electrons. The van der Waals surface area contributed by atoms with Crippen molar-refractivity contribution in [2.75, 3.05) is 13.2 Å². The molecule has 0 aliphatic carbocycles. The highest BCUT2D eigenvalue weighted by atomic mass is 16.6. The Morgan fingerprint density at radius 2 is 1.64 bits per heavy atom. The summed E-state index contributed by atoms with van der Waals surface area (Å²) in [6.45, 7) is 1.99. The van der Waals surface area contributed by atoms with Crippen LogP contribution < -0.4 is 10.4 Å². The van der Waals surface area contributed by atoms with Gasteiger partial charge in [-0.25, -0.2) is 4.79 Å². The molecule has 4 aromatic rings. The van der Waals surface area contributed by atoms with Crippen molar-refractivity contribution >= 4 is 22.7 Å². The minimum absolute atomic E-state index is 0.0771. The van der Waals surface area contributed by atoms with Crippen LogP contribution in [0.25, 0.3) is 11.0 Å². The first kappa shape index (κ1) is 22.0. The first-order chi connectivity index (χ1) is 16.0. The number of hydrogen-bond acceptors (Lipinski definition) is 6. The van der Waals surface area contributed by atoms with Crippen LogP contribution in [0.5, 0.6) is 5.75 Å². The summed E-state index contributed by atoms with van der Waals surface area (Å²) in [5.74, 6) is -0.450. The van der Waals surface area contributed by atoms with E-state index in [9.17, 15) is 14.4 Å². The zero-order valence-electron chi connectivity index (χ0n) is 18.0. The Balaban J connectivity index is 1.32. The van der Waals surface area contributed by atoms with Crippen LogP contribution in [0.4, 0.5) is 0 Å². The number of hydrogen-bond donors (Lipinski definition) is 0. The van der Waals surface area contributed by atoms with Gasteiger partial charge in [-0.3, -0.25) is 9.59 Å². The Bertz CT molecular complexity index is 1340. The quantitative estimate of drug-likeness (QED) is 0.170. The van der Waals surface area contributed by atoms with E-state index in [0.29, 0.717) is 28.0 Å². The van der Waals surface area contributed by atoms with E-state index >= 15 is 0 Å². The second kappa shape index (κ2) is 9.96. The molecule has 0 spiro atoms. The van der Waals surface area contributed by atoms with Crippen LogP contribution in [0.1, 0.15) is 34.3 Å². The fourth-order valence-corrected chi connectivity index (χ4v) is 3.41. The number of ether oxygens (including phenoxy) is 2. The molecule has 0 N–H and O–H groups in total. The van der Waals surface area contributed by atoms with Gasteiger partial charge in [0, 0.05) is 22.6 Å². The van der Waals surface area contributed by atoms with Gasteiger partial charge in [-0.15, -0.1) is 0 Å². The van der Waals surface area contributed by atoms with Crippen molar-refractivity contribution in [1.82, 2.24) is 0 Å². The average Bonchev–Trinajstić information content (AvgIpc) is 2.86. The smallest absolute Gasteiger partial charge is 0.336 e. The van der Waals surface area contributed by atoms with E-state index in [1.807, 2.05) is 18.2 Å². The maximum Gasteiger partial charge on any atom is 0.336 e. The lowest BCUT2D eigenvalue weighted by atomic mass is 9.96. The lowest BCUT2D eigenvalue weighted by Crippen LogP contribution is -2.17. The maximum atomic E-state index is 12.7. The standard InChI is InChI=1S/C27H22O6/c1-18(20-8-5-9-22(16-20)26(29)19-6-3-2-4-7-19)27(30)32-15-14-31-23-11-12-24-21(17-23)10-13-25(28)33-24/h2-13,16-18H,14-15H2,1H3. The third-order valence-corrected chi connectivity index (χ3v) is 5.23. The van der Waals surface area contributed by atoms with E-state index in [1.165, 1.54) is 6.07 Å². The molecule has 1 unspecified atom stereocenters. The molecule has 0 amide bonds. The molecule has 0 saturated heterocycles. The second-order valence-corrected chi connectivity index (χ2v) is 7.51. The molecule has 6 heteroatoms. The van der Waals surface area contributed by atoms with Gasteiger partial charge in [0.25, 0.3) is 0 Å². The Labute approximate surface area is 190 Å². The molecule has 4 rings (SSSR count). The first-order valence-corrected chi connectivity index (χ1v) is 10.5. The summed E-state index contributed by atoms with van der Waals surface area (Å²) in [4.78, 5) is 36.4. The van der Waals surface area contributed by atoms with Crippen LogP contribution in [0, 0.1) is 0 Å². The van der Waals surface area contributed by atoms with Crippen molar-refractivity contribution in [2.45, 2.75) is 12.8 Å². The average molecular weight is 442 g/mol. The number of ketones is 1. The number of rotatable bonds is 8. The zero-order chi connectivity index (χ0) is 23.2. The molecule has 1 atom stereocenters. The first-order valence-electron chi connectivity index (χ1n) is 10.5. The Morgan fingerprint density at radius 3 is 2.45 bits per heavy atom. The van der Waals surface area contributed by atoms with E-state index in [1.54, 1.807) is 67.6 Å². The largest absolute Gasteiger partial charge is 0.490 e. The molecule has 0 fully saturated rings. The molecule has 3 aromatic carbocycles. The summed E-state index contributed by atoms with van der Waals surface area (Å²) >= 11 is 0. The van der Waals surface area contributed by atoms with Crippen molar-refractivity contribution in [3.05, 3.63) is 112 Å². The molecule has 0 saturated carbocycles. The predicted molar refractivity (Wildman–Crippen MR) is 124 cm³/mol. The Kier molecular flexibility index (Phi) is 6.64. The van der Waals surface area contributed by atoms with E-state index < -0.39 is 17.5 Å². The molecule has 6 nitrogen and oxygen atoms in total. The van der Waals surface area contributed by atoms with Crippen molar-refractivity contribution in [2.24, 2.45) is 0 Å². The molecule has 33 heavy (non-hydrogen) atoms. The summed E-state index contributed by atoms with van der Waals surface area (Å²) in [6, 6.07) is 24.1. The number of carbonyl (C=O) groups excluding carboxylic acids is 2. The van der Waals surface area contributed by atoms with Gasteiger partial charge in [0.1, 0.15) is 24.5 Å². The highest BCUT2D eigenvalue weighted by molar-refractivity contribution is 6.09. The zero-order valence-corrected chi connectivity index (χ0v) is 18.0. The van der Waals surface area contributed by atoms with Gasteiger partial charge in [0.05, 0.1) is 5.92 Å². The minimum Gasteiger partial charge on any atom is -0.490 e. The van der Waals surface area contributed by atoms with Crippen molar-refractivity contribution in [1.29, 1.82) is 0 Å². The monoisotopic (exact) mass is 442 g/mol. The summed E-state index contributed by atoms with van der Waals surface area (Å²) < 4.78 is 16.1. The third-order valence-electron chi connectivity index (χ3n) is 5.23. The molecule has 0 aliphatic rings. The highest BCUT2D eigenvalue weighted by Gasteiger charge is 2.18. The van der Waals surface area contributed by atoms with E-state index in [2.05, 4.69) is 0 Å². The SMILES string of the molecule is CC(C(=O)OCCOc1ccc2oc(=O)ccc2c1)c1cccc(C(=O)c2ccccc2)c1. The molecule has 1 aromatic heterocycles. The van der Waals surface area contributed by atoms with E-state index in [-0.39, 0.29) is 19.0 Å². The molecule has 1 heterocycles. The van der Waals surface area contributed by atoms with E-state index in [0.717, 1.165) is 5.39 Å². The molecule has 0 bridgehead atoms. The number of fused-ring (bicyclic) bond motifs is 1. The third kappa shape index (κ3) is 5.36. The summed E-state index contributed by atoms with van der Waals surface area (Å²) in [5, 5.41) is 0.739. The van der Waals surface area contributed by atoms with Crippen molar-refractivity contribution < 1.29 is 23.5 Å². The van der Waals surface area contributed by atoms with Gasteiger partial charge in [-0.2, -0.15) is 0 Å². The summed E-state index contributed by atoms with van der Waals surface area (Å²) in [7, 11) is 0. The van der Waals surface area contributed by atoms with Crippen LogP contribution in [-0.2, 0) is 9.53 Å². The Hall–Kier alpha value is -4.19. The van der Waals surface area contributed by atoms with Gasteiger partial charge in [-0.05, 0) is 42.8 Å². The second-order valence-electron chi connectivity index (χ2n) is 7.51. The van der Waals surface area contributed by atoms with Crippen LogP contribution in [0.3, 0.4) is 0 Å². The van der Waals surface area contributed by atoms with Crippen LogP contribution >= 0.6 is 0 Å². The lowest BCUT2D eigenvalue weighted by Gasteiger charge is -2.13. The molecular formula is C27H22O6. The van der Waals surface area contributed by atoms with Gasteiger partial charge >= 0.3 is 11.6 Å². The normalized spacial score (nSPS) is 11.7. The number of benzene rings is 3. The minimum atomic E-state index is -0.530. The van der Waals surface area contributed by atoms with Crippen LogP contribution in [0.15, 0.2) is 94.1 Å². The summed E-state index contributed by atoms with van der Waals surface area (Å²) in [6.07, 6.45) is 0. The molecular weight excluding hydrogens is 420 g/mol. The van der Waals surface area contributed by atoms with Crippen molar-refractivity contribution in [3.63, 3.8) is 0 Å². The van der Waals surface area contributed by atoms with Crippen molar-refractivity contribution in [3.8, 4) is 5.75 Å². The predicted octanol–water partition coefficient (Wildman–Crippen LogP) is 4.75. The maximum absolute atomic E-state index is 12.7. The fourth-order valence-electron chi connectivity index (χ4n) is 3.41.